The van der Waals surface area contributed by atoms with Crippen molar-refractivity contribution < 1.29 is 102 Å². The molecule has 0 unspecified atom stereocenters. The highest BCUT2D eigenvalue weighted by Gasteiger charge is 2.47. The molecule has 21 N–H and O–H groups in total. The molecule has 3 aromatic carbocycles. The van der Waals surface area contributed by atoms with E-state index >= 15 is 52.7 Å². The number of nitrogens with two attached hydrogens (primary N) is 3. The second-order valence-electron chi connectivity index (χ2n) is 38.6. The van der Waals surface area contributed by atoms with E-state index < -0.39 is 254 Å². The zero-order valence-corrected chi connectivity index (χ0v) is 86.9. The number of H-pyrrole nitrogens is 1. The minimum Gasteiger partial charge on any atom is -0.508 e. The van der Waals surface area contributed by atoms with Crippen LogP contribution < -0.4 is 75.7 Å². The number of halogens is 1. The molecule has 3 fully saturated rings. The number of anilines is 1. The summed E-state index contributed by atoms with van der Waals surface area (Å²) in [4.78, 5) is 289. The number of benzene rings is 3. The van der Waals surface area contributed by atoms with Crippen LogP contribution in [-0.2, 0) is 119 Å². The summed E-state index contributed by atoms with van der Waals surface area (Å²) in [7, 11) is 5.63. The highest BCUT2D eigenvalue weighted by molar-refractivity contribution is 8.00. The number of thioether (sulfide) groups is 1. The van der Waals surface area contributed by atoms with Crippen LogP contribution in [0.5, 0.6) is 5.75 Å². The predicted octanol–water partition coefficient (Wildman–Crippen LogP) is 0.460. The summed E-state index contributed by atoms with van der Waals surface area (Å²) in [6.45, 7) is 9.24. The van der Waals surface area contributed by atoms with Crippen molar-refractivity contribution in [2.75, 3.05) is 70.7 Å². The Balaban J connectivity index is 0.982. The second kappa shape index (κ2) is 52.5. The van der Waals surface area contributed by atoms with Crippen LogP contribution in [0.1, 0.15) is 149 Å². The minimum atomic E-state index is -1.82. The van der Waals surface area contributed by atoms with Crippen molar-refractivity contribution in [2.45, 2.75) is 248 Å². The average molecular weight is 2110 g/mol. The van der Waals surface area contributed by atoms with Gasteiger partial charge < -0.3 is 130 Å². The molecule has 8 heterocycles. The number of hydrogen-bond donors (Lipinski definition) is 18. The summed E-state index contributed by atoms with van der Waals surface area (Å²) in [5, 5.41) is 63.6. The van der Waals surface area contributed by atoms with Gasteiger partial charge in [0.05, 0.1) is 31.1 Å². The molecule has 49 heteroatoms. The molecule has 11 rings (SSSR count). The van der Waals surface area contributed by atoms with Gasteiger partial charge in [-0.25, -0.2) is 15.0 Å². The van der Waals surface area contributed by atoms with Crippen molar-refractivity contribution in [2.24, 2.45) is 36.1 Å². The van der Waals surface area contributed by atoms with Gasteiger partial charge in [0, 0.05) is 113 Å². The van der Waals surface area contributed by atoms with Gasteiger partial charge in [-0.1, -0.05) is 139 Å². The van der Waals surface area contributed by atoms with E-state index in [-0.39, 0.29) is 99.2 Å². The maximum atomic E-state index is 16.1. The summed E-state index contributed by atoms with van der Waals surface area (Å²) >= 11 is 8.42. The van der Waals surface area contributed by atoms with Crippen LogP contribution in [0.2, 0.25) is 5.15 Å². The number of thiazole rings is 1. The molecule has 800 valence electrons. The number of aliphatic hydroxyl groups is 1. The number of unbranched alkanes of at least 4 members (excludes halogenated alkanes) is 2. The van der Waals surface area contributed by atoms with Crippen LogP contribution in [-0.4, -0.2) is 331 Å². The molecule has 148 heavy (non-hydrogen) atoms. The van der Waals surface area contributed by atoms with Gasteiger partial charge in [-0.3, -0.25) is 86.3 Å². The number of aromatic nitrogens is 6. The van der Waals surface area contributed by atoms with E-state index in [9.17, 15) is 48.9 Å². The van der Waals surface area contributed by atoms with Crippen molar-refractivity contribution in [3.05, 3.63) is 113 Å². The van der Waals surface area contributed by atoms with Gasteiger partial charge in [-0.15, -0.1) is 11.8 Å². The van der Waals surface area contributed by atoms with Gasteiger partial charge in [0.1, 0.15) is 118 Å². The Morgan fingerprint density at radius 2 is 1.17 bits per heavy atom. The highest BCUT2D eigenvalue weighted by Crippen LogP contribution is 2.35. The lowest BCUT2D eigenvalue weighted by Crippen LogP contribution is -2.61. The molecule has 15 atom stereocenters. The molecule has 5 aromatic heterocycles. The number of likely N-dealkylation sites (N-methyl/N-ethyl adjacent to an activating group) is 3. The van der Waals surface area contributed by atoms with E-state index in [1.54, 1.807) is 94.0 Å². The SMILES string of the molecule is CCCC[C@H]1C(=O)N(C)[C@@H](CCCC)C(=O)N[C@@H](CC(C)C)C(=O)N[C@H](C(=O)NCC(N)=O)CSCC(=O)N[C@@H](Cc2ccc(O)cc2)C(=O)N(C)[C@@H](C)C(=O)N[C@@H](CC(N)=O)C(=O)N2CCC[C@H]2C(=O)N[C@@H](CNc2nc3c(nc(Cl)c4ncn(C)c43)s2)C(=O)N[C@@H](CC(C)C)C(=O)N2C[C@H](O)C[C@H]2C(=O)N[C@@H](Cc2c[nH]c3ccccc23)C(=O)N[C@@H](CCN)C(=O)N[C@@H](Cc2cn(CC(=O)O)c3ccccc23)C(=O)N1C. The molecule has 3 aliphatic rings. The number of phenols is 1. The first kappa shape index (κ1) is 114. The number of aromatic hydroxyl groups is 1. The van der Waals surface area contributed by atoms with E-state index in [0.717, 1.165) is 47.6 Å². The Morgan fingerprint density at radius 3 is 1.84 bits per heavy atom. The first-order valence-corrected chi connectivity index (χ1v) is 51.8. The molecule has 46 nitrogen and oxygen atoms in total. The van der Waals surface area contributed by atoms with Crippen molar-refractivity contribution in [1.29, 1.82) is 0 Å². The predicted molar refractivity (Wildman–Crippen MR) is 551 cm³/mol. The Bertz CT molecular complexity index is 6210. The van der Waals surface area contributed by atoms with Gasteiger partial charge in [-0.05, 0) is 111 Å². The molecular weight excluding hydrogens is 1970 g/mol. The second-order valence-corrected chi connectivity index (χ2v) is 40.9. The first-order chi connectivity index (χ1) is 70.4. The third-order valence-corrected chi connectivity index (χ3v) is 28.7. The normalized spacial score (nSPS) is 23.8. The Kier molecular flexibility index (Phi) is 40.5. The maximum Gasteiger partial charge on any atom is 0.323 e. The number of carboxylic acids is 1. The lowest BCUT2D eigenvalue weighted by Gasteiger charge is -2.36. The third-order valence-electron chi connectivity index (χ3n) is 26.5. The summed E-state index contributed by atoms with van der Waals surface area (Å²) in [6, 6.07) is -2.70. The van der Waals surface area contributed by atoms with Gasteiger partial charge in [0.2, 0.25) is 100 Å². The summed E-state index contributed by atoms with van der Waals surface area (Å²) in [5.41, 5.74) is 21.1. The number of nitrogens with zero attached hydrogens (tertiary/aromatic N) is 10. The number of para-hydroxylation sites is 2. The number of phenolic OH excluding ortho intramolecular Hbond substituents is 1. The number of rotatable bonds is 28. The Labute approximate surface area is 867 Å². The number of primary amides is 2. The molecule has 8 aromatic rings. The number of fused-ring (bicyclic) bond motifs is 7. The summed E-state index contributed by atoms with van der Waals surface area (Å²) in [6.07, 6.45) is 2.08. The lowest BCUT2D eigenvalue weighted by molar-refractivity contribution is -0.149. The van der Waals surface area contributed by atoms with Crippen molar-refractivity contribution in [3.8, 4) is 5.75 Å². The van der Waals surface area contributed by atoms with Crippen LogP contribution in [0.15, 0.2) is 91.5 Å². The molecule has 17 amide bonds. The molecule has 0 aliphatic carbocycles. The first-order valence-electron chi connectivity index (χ1n) is 49.4. The Hall–Kier alpha value is -14.1. The Morgan fingerprint density at radius 1 is 0.588 bits per heavy atom. The standard InChI is InChI=1S/C99H134ClN25O21S2/c1-12-14-24-72-90(139)110-63(35-51(3)4)87(136)116-70(85(134)105-44-77(103)129)48-147-49-78(130)108-66(37-54-28-30-57(126)31-29-54)94(142)120(9)53(7)84(133)112-68(41-76(102)128)96(144)124-34-20-27-73(124)91(140)115-69(43-106-99-117-81-82-80(107-50-119(82)8)83(100)118-93(81)148-99)89(138)113-65(36-52(5)6)97(145)125-46-58(127)40-75(125)92(141)111-64(38-55-42-104-61-23-18-16-21-59(55)61)88(137)109-62(32-33-101)86(135)114-67(95(143)122(11)74(25-15-13-2)98(146)121(72)10)39-56-45-123(47-79(131)132)71-26-19-17-22-60(56)71/h16-19,21-23,26,28-31,42,45,50-53,58,62-70,72-75,104,126-127H,12-15,20,24-25,27,32-41,43-44,46-49,101H2,1-11H3,(H2,102,128)(H2,103,129)(H,105,134)(H,106,117)(H,108,130)(H,109,137)(H,110,139)(H,111,141)(H,112,133)(H,113,138)(H,114,135)(H,115,140)(H,116,136)(H,131,132)/t53-,58+,62-,63-,64-,65-,66-,67-,68-,69-,70-,72-,73-,74-,75-/m0/s1. The van der Waals surface area contributed by atoms with Crippen LogP contribution in [0.4, 0.5) is 5.13 Å². The van der Waals surface area contributed by atoms with Gasteiger partial charge in [-0.2, -0.15) is 0 Å². The number of pyridine rings is 1. The number of aliphatic hydroxyl groups excluding tert-OH is 1. The van der Waals surface area contributed by atoms with E-state index in [1.165, 1.54) is 69.4 Å². The van der Waals surface area contributed by atoms with Gasteiger partial charge in [0.25, 0.3) is 0 Å². The molecular formula is C99H134ClN25O21S2. The molecule has 3 saturated heterocycles. The maximum absolute atomic E-state index is 16.1. The largest absolute Gasteiger partial charge is 0.508 e. The molecule has 0 saturated carbocycles. The number of hydrogen-bond acceptors (Lipinski definition) is 27. The summed E-state index contributed by atoms with van der Waals surface area (Å²) < 4.78 is 3.12. The zero-order valence-electron chi connectivity index (χ0n) is 84.5. The highest BCUT2D eigenvalue weighted by atomic mass is 35.5. The number of aliphatic carboxylic acids is 1. The van der Waals surface area contributed by atoms with E-state index in [0.29, 0.717) is 85.6 Å². The number of imidazole rings is 1. The number of carbonyl (C=O) groups is 18. The lowest BCUT2D eigenvalue weighted by atomic mass is 9.99. The quantitative estimate of drug-likeness (QED) is 0.0296. The smallest absolute Gasteiger partial charge is 0.323 e. The van der Waals surface area contributed by atoms with Crippen molar-refractivity contribution >= 4 is 189 Å². The van der Waals surface area contributed by atoms with Crippen molar-refractivity contribution in [3.63, 3.8) is 0 Å². The molecule has 0 radical (unpaired) electrons. The van der Waals surface area contributed by atoms with Crippen LogP contribution >= 0.6 is 34.7 Å². The summed E-state index contributed by atoms with van der Waals surface area (Å²) in [5.74, 6) is -19.2. The number of nitrogens with one attached hydrogen (secondary N) is 12. The van der Waals surface area contributed by atoms with E-state index in [2.05, 4.69) is 73.4 Å². The fourth-order valence-corrected chi connectivity index (χ4v) is 20.6. The van der Waals surface area contributed by atoms with E-state index in [4.69, 9.17) is 33.8 Å². The molecule has 0 spiro atoms. The van der Waals surface area contributed by atoms with Crippen LogP contribution in [0.3, 0.4) is 0 Å². The van der Waals surface area contributed by atoms with Crippen LogP contribution in [0, 0.1) is 11.8 Å². The minimum absolute atomic E-state index is 0.00652. The van der Waals surface area contributed by atoms with Crippen LogP contribution in [0.25, 0.3) is 43.2 Å². The number of aryl methyl sites for hydroxylation is 1. The monoisotopic (exact) mass is 2110 g/mol. The van der Waals surface area contributed by atoms with Gasteiger partial charge in [0.15, 0.2) is 10.3 Å². The average Bonchev–Trinajstić information content (AvgIpc) is 1.61. The number of aromatic amines is 1. The molecule has 0 bridgehead atoms. The molecule has 3 aliphatic heterocycles. The van der Waals surface area contributed by atoms with Gasteiger partial charge >= 0.3 is 5.97 Å². The fourth-order valence-electron chi connectivity index (χ4n) is 18.6. The zero-order chi connectivity index (χ0) is 108. The number of amides is 17. The number of carbonyl (C=O) groups excluding carboxylic acids is 17. The topological polar surface area (TPSA) is 659 Å². The number of carboxylic acid groups (broad SMARTS) is 1. The van der Waals surface area contributed by atoms with E-state index in [1.807, 2.05) is 13.8 Å². The van der Waals surface area contributed by atoms with Crippen molar-refractivity contribution in [1.82, 2.24) is 107 Å². The third kappa shape index (κ3) is 29.5. The fraction of sp³-hybridized carbons (Fsp3) is 0.525.